The number of carbonyl (C=O) groups excluding carboxylic acids is 1. The Bertz CT molecular complexity index is 820. The molecule has 0 fully saturated rings. The zero-order valence-corrected chi connectivity index (χ0v) is 15.0. The minimum atomic E-state index is -0.421. The molecule has 0 heterocycles. The van der Waals surface area contributed by atoms with Gasteiger partial charge in [-0.25, -0.2) is 0 Å². The smallest absolute Gasteiger partial charge is 0.267 e. The van der Waals surface area contributed by atoms with Crippen molar-refractivity contribution in [3.05, 3.63) is 76.0 Å². The molecule has 5 heteroatoms. The maximum absolute atomic E-state index is 12.4. The van der Waals surface area contributed by atoms with E-state index in [1.807, 2.05) is 50.2 Å². The second-order valence-corrected chi connectivity index (χ2v) is 6.03. The lowest BCUT2D eigenvalue weighted by Gasteiger charge is -2.12. The van der Waals surface area contributed by atoms with Gasteiger partial charge in [-0.2, -0.15) is 5.26 Å². The van der Waals surface area contributed by atoms with Gasteiger partial charge in [0.25, 0.3) is 5.91 Å². The molecule has 0 spiro atoms. The molecule has 0 aliphatic heterocycles. The van der Waals surface area contributed by atoms with Crippen LogP contribution in [0.25, 0.3) is 0 Å². The van der Waals surface area contributed by atoms with E-state index < -0.39 is 5.91 Å². The van der Waals surface area contributed by atoms with Gasteiger partial charge in [0.15, 0.2) is 0 Å². The number of aryl methyl sites for hydroxylation is 2. The molecule has 25 heavy (non-hydrogen) atoms. The lowest BCUT2D eigenvalue weighted by molar-refractivity contribution is -0.112. The van der Waals surface area contributed by atoms with Crippen LogP contribution in [0.3, 0.4) is 0 Å². The van der Waals surface area contributed by atoms with Crippen LogP contribution >= 0.6 is 11.6 Å². The normalized spacial score (nSPS) is 10.9. The Morgan fingerprint density at radius 1 is 1.24 bits per heavy atom. The molecule has 0 atom stereocenters. The van der Waals surface area contributed by atoms with Gasteiger partial charge in [-0.3, -0.25) is 4.79 Å². The van der Waals surface area contributed by atoms with Crippen LogP contribution in [0.1, 0.15) is 23.6 Å². The van der Waals surface area contributed by atoms with Gasteiger partial charge in [0.05, 0.1) is 0 Å². The molecule has 2 rings (SSSR count). The van der Waals surface area contributed by atoms with E-state index >= 15 is 0 Å². The van der Waals surface area contributed by atoms with Crippen molar-refractivity contribution in [2.75, 3.05) is 5.32 Å². The van der Waals surface area contributed by atoms with Crippen molar-refractivity contribution >= 4 is 23.2 Å². The highest BCUT2D eigenvalue weighted by Gasteiger charge is 2.12. The molecule has 2 aromatic carbocycles. The number of halogens is 1. The minimum Gasteiger partial charge on any atom is -0.386 e. The van der Waals surface area contributed by atoms with E-state index in [9.17, 15) is 10.1 Å². The second kappa shape index (κ2) is 8.91. The minimum absolute atomic E-state index is 0.0271. The highest BCUT2D eigenvalue weighted by atomic mass is 35.5. The standard InChI is InChI=1S/C20H20ClN3O/c1-3-16-6-4-5-14(2)19(16)24-20(25)17(11-22)13-23-12-15-7-9-18(21)10-8-15/h4-10,13,23H,3,12H2,1-2H3,(H,24,25)/b17-13-. The van der Waals surface area contributed by atoms with Crippen molar-refractivity contribution in [1.82, 2.24) is 5.32 Å². The predicted molar refractivity (Wildman–Crippen MR) is 101 cm³/mol. The fraction of sp³-hybridized carbons (Fsp3) is 0.200. The number of benzene rings is 2. The van der Waals surface area contributed by atoms with Crippen molar-refractivity contribution in [2.45, 2.75) is 26.8 Å². The van der Waals surface area contributed by atoms with Crippen LogP contribution in [0, 0.1) is 18.3 Å². The first-order chi connectivity index (χ1) is 12.0. The summed E-state index contributed by atoms with van der Waals surface area (Å²) >= 11 is 5.85. The number of nitriles is 1. The van der Waals surface area contributed by atoms with Gasteiger partial charge < -0.3 is 10.6 Å². The average Bonchev–Trinajstić information content (AvgIpc) is 2.62. The van der Waals surface area contributed by atoms with E-state index in [0.717, 1.165) is 28.8 Å². The summed E-state index contributed by atoms with van der Waals surface area (Å²) in [4.78, 5) is 12.4. The molecule has 1 amide bonds. The average molecular weight is 354 g/mol. The predicted octanol–water partition coefficient (Wildman–Crippen LogP) is 4.35. The Labute approximate surface area is 153 Å². The molecule has 0 saturated heterocycles. The summed E-state index contributed by atoms with van der Waals surface area (Å²) in [7, 11) is 0. The molecule has 0 aromatic heterocycles. The van der Waals surface area contributed by atoms with E-state index in [1.165, 1.54) is 6.20 Å². The Morgan fingerprint density at radius 3 is 2.60 bits per heavy atom. The van der Waals surface area contributed by atoms with Gasteiger partial charge in [-0.1, -0.05) is 48.9 Å². The molecule has 2 N–H and O–H groups in total. The largest absolute Gasteiger partial charge is 0.386 e. The molecule has 0 saturated carbocycles. The van der Waals surface area contributed by atoms with Crippen LogP contribution in [-0.2, 0) is 17.8 Å². The van der Waals surface area contributed by atoms with E-state index in [0.29, 0.717) is 11.6 Å². The second-order valence-electron chi connectivity index (χ2n) is 5.59. The first-order valence-corrected chi connectivity index (χ1v) is 8.41. The Kier molecular flexibility index (Phi) is 6.62. The van der Waals surface area contributed by atoms with Crippen LogP contribution < -0.4 is 10.6 Å². The van der Waals surface area contributed by atoms with Crippen molar-refractivity contribution in [2.24, 2.45) is 0 Å². The van der Waals surface area contributed by atoms with E-state index in [4.69, 9.17) is 11.6 Å². The number of rotatable bonds is 6. The Hall–Kier alpha value is -2.77. The highest BCUT2D eigenvalue weighted by molar-refractivity contribution is 6.30. The third-order valence-corrected chi connectivity index (χ3v) is 4.06. The number of amides is 1. The van der Waals surface area contributed by atoms with Gasteiger partial charge in [0.1, 0.15) is 11.6 Å². The van der Waals surface area contributed by atoms with Gasteiger partial charge >= 0.3 is 0 Å². The summed E-state index contributed by atoms with van der Waals surface area (Å²) in [6.45, 7) is 4.46. The van der Waals surface area contributed by atoms with Crippen LogP contribution in [0.2, 0.25) is 5.02 Å². The molecule has 128 valence electrons. The SMILES string of the molecule is CCc1cccc(C)c1NC(=O)/C(C#N)=C\NCc1ccc(Cl)cc1. The lowest BCUT2D eigenvalue weighted by atomic mass is 10.1. The Balaban J connectivity index is 2.06. The third-order valence-electron chi connectivity index (χ3n) is 3.81. The summed E-state index contributed by atoms with van der Waals surface area (Å²) < 4.78 is 0. The van der Waals surface area contributed by atoms with Crippen LogP contribution in [-0.4, -0.2) is 5.91 Å². The van der Waals surface area contributed by atoms with Crippen molar-refractivity contribution in [3.63, 3.8) is 0 Å². The summed E-state index contributed by atoms with van der Waals surface area (Å²) in [5, 5.41) is 15.8. The quantitative estimate of drug-likeness (QED) is 0.599. The molecule has 4 nitrogen and oxygen atoms in total. The number of nitrogens with one attached hydrogen (secondary N) is 2. The summed E-state index contributed by atoms with van der Waals surface area (Å²) in [5.74, 6) is -0.421. The molecule has 2 aromatic rings. The molecular weight excluding hydrogens is 334 g/mol. The van der Waals surface area contributed by atoms with Gasteiger partial charge in [-0.05, 0) is 42.2 Å². The third kappa shape index (κ3) is 5.10. The van der Waals surface area contributed by atoms with Crippen LogP contribution in [0.15, 0.2) is 54.2 Å². The number of anilines is 1. The van der Waals surface area contributed by atoms with Gasteiger partial charge in [-0.15, -0.1) is 0 Å². The molecule has 0 aliphatic rings. The van der Waals surface area contributed by atoms with Crippen molar-refractivity contribution in [1.29, 1.82) is 5.26 Å². The first kappa shape index (κ1) is 18.6. The molecular formula is C20H20ClN3O. The van der Waals surface area contributed by atoms with Gasteiger partial charge in [0, 0.05) is 23.5 Å². The molecule has 0 bridgehead atoms. The molecule has 0 radical (unpaired) electrons. The highest BCUT2D eigenvalue weighted by Crippen LogP contribution is 2.21. The van der Waals surface area contributed by atoms with E-state index in [-0.39, 0.29) is 5.57 Å². The molecule has 0 aliphatic carbocycles. The van der Waals surface area contributed by atoms with E-state index in [1.54, 1.807) is 12.1 Å². The summed E-state index contributed by atoms with van der Waals surface area (Å²) in [6, 6.07) is 15.2. The number of para-hydroxylation sites is 1. The van der Waals surface area contributed by atoms with Gasteiger partial charge in [0.2, 0.25) is 0 Å². The Morgan fingerprint density at radius 2 is 1.96 bits per heavy atom. The topological polar surface area (TPSA) is 64.9 Å². The number of hydrogen-bond acceptors (Lipinski definition) is 3. The zero-order chi connectivity index (χ0) is 18.2. The zero-order valence-electron chi connectivity index (χ0n) is 14.3. The first-order valence-electron chi connectivity index (χ1n) is 8.03. The summed E-state index contributed by atoms with van der Waals surface area (Å²) in [5.41, 5.74) is 3.82. The lowest BCUT2D eigenvalue weighted by Crippen LogP contribution is -2.18. The molecule has 0 unspecified atom stereocenters. The number of nitrogens with zero attached hydrogens (tertiary/aromatic N) is 1. The maximum Gasteiger partial charge on any atom is 0.267 e. The van der Waals surface area contributed by atoms with Crippen LogP contribution in [0.4, 0.5) is 5.69 Å². The van der Waals surface area contributed by atoms with Crippen molar-refractivity contribution in [3.8, 4) is 6.07 Å². The maximum atomic E-state index is 12.4. The number of carbonyl (C=O) groups is 1. The van der Waals surface area contributed by atoms with Crippen molar-refractivity contribution < 1.29 is 4.79 Å². The van der Waals surface area contributed by atoms with E-state index in [2.05, 4.69) is 10.6 Å². The summed E-state index contributed by atoms with van der Waals surface area (Å²) in [6.07, 6.45) is 2.24. The van der Waals surface area contributed by atoms with Crippen LogP contribution in [0.5, 0.6) is 0 Å². The monoisotopic (exact) mass is 353 g/mol. The number of hydrogen-bond donors (Lipinski definition) is 2. The fourth-order valence-corrected chi connectivity index (χ4v) is 2.53. The fourth-order valence-electron chi connectivity index (χ4n) is 2.40.